The Morgan fingerprint density at radius 3 is 2.90 bits per heavy atom. The molecule has 0 saturated heterocycles. The Morgan fingerprint density at radius 1 is 1.33 bits per heavy atom. The van der Waals surface area contributed by atoms with Crippen molar-refractivity contribution in [1.29, 1.82) is 0 Å². The molecule has 1 aliphatic rings. The van der Waals surface area contributed by atoms with Gasteiger partial charge in [0.15, 0.2) is 5.11 Å². The van der Waals surface area contributed by atoms with Gasteiger partial charge in [0, 0.05) is 18.7 Å². The van der Waals surface area contributed by atoms with Gasteiger partial charge in [0.1, 0.15) is 0 Å². The molecule has 0 amide bonds. The van der Waals surface area contributed by atoms with Crippen molar-refractivity contribution < 1.29 is 4.74 Å². The molecule has 0 aromatic heterocycles. The molecule has 0 heterocycles. The first kappa shape index (κ1) is 15.9. The number of nitrogens with one attached hydrogen (secondary N) is 2. The summed E-state index contributed by atoms with van der Waals surface area (Å²) in [5, 5.41) is 8.20. The quantitative estimate of drug-likeness (QED) is 0.510. The molecule has 2 rings (SSSR count). The zero-order valence-corrected chi connectivity index (χ0v) is 13.5. The fraction of sp³-hybridized carbons (Fsp3) is 0.500. The summed E-state index contributed by atoms with van der Waals surface area (Å²) in [5.41, 5.74) is 6.68. The van der Waals surface area contributed by atoms with E-state index >= 15 is 0 Å². The minimum absolute atomic E-state index is 0.164. The van der Waals surface area contributed by atoms with E-state index in [0.717, 1.165) is 25.0 Å². The maximum Gasteiger partial charge on any atom is 0.187 e. The summed E-state index contributed by atoms with van der Waals surface area (Å²) in [4.78, 5) is 0. The third kappa shape index (κ3) is 4.79. The van der Waals surface area contributed by atoms with Crippen LogP contribution < -0.4 is 10.7 Å². The summed E-state index contributed by atoms with van der Waals surface area (Å²) in [5.74, 6) is 0. The number of nitrogens with zero attached hydrogens (tertiary/aromatic N) is 1. The van der Waals surface area contributed by atoms with Crippen LogP contribution in [0.2, 0.25) is 0 Å². The monoisotopic (exact) mass is 305 g/mol. The van der Waals surface area contributed by atoms with Crippen LogP contribution in [0.25, 0.3) is 0 Å². The number of hydrogen-bond acceptors (Lipinski definition) is 3. The lowest BCUT2D eigenvalue weighted by molar-refractivity contribution is 0.179. The van der Waals surface area contributed by atoms with Crippen molar-refractivity contribution >= 4 is 23.0 Å². The van der Waals surface area contributed by atoms with Gasteiger partial charge in [0.25, 0.3) is 0 Å². The molecular formula is C16H23N3OS. The van der Waals surface area contributed by atoms with Gasteiger partial charge in [-0.1, -0.05) is 24.3 Å². The Kier molecular flexibility index (Phi) is 6.14. The highest BCUT2D eigenvalue weighted by Crippen LogP contribution is 2.20. The van der Waals surface area contributed by atoms with Crippen LogP contribution >= 0.6 is 12.2 Å². The predicted molar refractivity (Wildman–Crippen MR) is 90.7 cm³/mol. The third-order valence-corrected chi connectivity index (χ3v) is 3.73. The molecule has 2 N–H and O–H groups in total. The highest BCUT2D eigenvalue weighted by atomic mass is 32.1. The number of methoxy groups -OCH3 is 1. The van der Waals surface area contributed by atoms with Crippen LogP contribution in [0.15, 0.2) is 29.4 Å². The molecule has 0 unspecified atom stereocenters. The van der Waals surface area contributed by atoms with E-state index < -0.39 is 0 Å². The first-order valence-electron chi connectivity index (χ1n) is 7.41. The van der Waals surface area contributed by atoms with Crippen LogP contribution in [0.3, 0.4) is 0 Å². The van der Waals surface area contributed by atoms with E-state index in [1.54, 1.807) is 7.11 Å². The van der Waals surface area contributed by atoms with Gasteiger partial charge in [-0.2, -0.15) is 5.10 Å². The molecule has 5 heteroatoms. The molecule has 1 aromatic carbocycles. The minimum atomic E-state index is 0.164. The number of hydrogen-bond donors (Lipinski definition) is 2. The molecule has 1 aromatic rings. The van der Waals surface area contributed by atoms with Crippen LogP contribution in [0.4, 0.5) is 0 Å². The summed E-state index contributed by atoms with van der Waals surface area (Å²) in [6, 6.07) is 8.65. The highest BCUT2D eigenvalue weighted by Gasteiger charge is 2.13. The van der Waals surface area contributed by atoms with Gasteiger partial charge in [-0.05, 0) is 50.4 Å². The maximum absolute atomic E-state index is 5.26. The lowest BCUT2D eigenvalue weighted by Crippen LogP contribution is -2.40. The smallest absolute Gasteiger partial charge is 0.187 e. The van der Waals surface area contributed by atoms with Gasteiger partial charge in [-0.3, -0.25) is 5.43 Å². The summed E-state index contributed by atoms with van der Waals surface area (Å²) in [7, 11) is 1.68. The predicted octanol–water partition coefficient (Wildman–Crippen LogP) is 2.62. The van der Waals surface area contributed by atoms with E-state index in [1.807, 2.05) is 6.92 Å². The molecule has 0 spiro atoms. The second-order valence-corrected chi connectivity index (χ2v) is 5.77. The van der Waals surface area contributed by atoms with Crippen LogP contribution in [0.1, 0.15) is 37.3 Å². The van der Waals surface area contributed by atoms with E-state index in [-0.39, 0.29) is 6.04 Å². The van der Waals surface area contributed by atoms with Gasteiger partial charge in [-0.25, -0.2) is 0 Å². The van der Waals surface area contributed by atoms with Crippen LogP contribution in [0, 0.1) is 0 Å². The highest BCUT2D eigenvalue weighted by molar-refractivity contribution is 7.80. The van der Waals surface area contributed by atoms with Crippen LogP contribution in [-0.2, 0) is 11.2 Å². The summed E-state index contributed by atoms with van der Waals surface area (Å²) >= 11 is 5.26. The van der Waals surface area contributed by atoms with Crippen molar-refractivity contribution in [3.63, 3.8) is 0 Å². The average molecular weight is 305 g/mol. The van der Waals surface area contributed by atoms with Gasteiger partial charge in [0.2, 0.25) is 0 Å². The molecule has 21 heavy (non-hydrogen) atoms. The largest absolute Gasteiger partial charge is 0.383 e. The topological polar surface area (TPSA) is 45.6 Å². The molecular weight excluding hydrogens is 282 g/mol. The van der Waals surface area contributed by atoms with E-state index in [4.69, 9.17) is 17.0 Å². The SMILES string of the molecule is COC[C@H](C)NC(=S)N/N=C1/CCCCc2ccccc21. The lowest BCUT2D eigenvalue weighted by atomic mass is 10.0. The van der Waals surface area contributed by atoms with E-state index in [9.17, 15) is 0 Å². The zero-order valence-electron chi connectivity index (χ0n) is 12.7. The van der Waals surface area contributed by atoms with Gasteiger partial charge >= 0.3 is 0 Å². The van der Waals surface area contributed by atoms with Crippen LogP contribution in [-0.4, -0.2) is 30.6 Å². The minimum Gasteiger partial charge on any atom is -0.383 e. The van der Waals surface area contributed by atoms with Gasteiger partial charge in [0.05, 0.1) is 12.3 Å². The molecule has 0 radical (unpaired) electrons. The molecule has 4 nitrogen and oxygen atoms in total. The maximum atomic E-state index is 5.26. The molecule has 0 aliphatic heterocycles. The number of rotatable bonds is 4. The Morgan fingerprint density at radius 2 is 2.10 bits per heavy atom. The van der Waals surface area contributed by atoms with Gasteiger partial charge in [-0.15, -0.1) is 0 Å². The lowest BCUT2D eigenvalue weighted by Gasteiger charge is -2.15. The molecule has 0 bridgehead atoms. The molecule has 0 saturated carbocycles. The Hall–Kier alpha value is -1.46. The van der Waals surface area contributed by atoms with E-state index in [1.165, 1.54) is 17.5 Å². The standard InChI is InChI=1S/C16H23N3OS/c1-12(11-20-2)17-16(21)19-18-15-10-6-4-8-13-7-3-5-9-14(13)15/h3,5,7,9,12H,4,6,8,10-11H2,1-2H3,(H2,17,19,21)/b18-15-/t12-/m0/s1. The average Bonchev–Trinajstić information content (AvgIpc) is 2.67. The van der Waals surface area contributed by atoms with Crippen molar-refractivity contribution in [2.24, 2.45) is 5.10 Å². The molecule has 114 valence electrons. The second-order valence-electron chi connectivity index (χ2n) is 5.36. The number of hydrazone groups is 1. The second kappa shape index (κ2) is 8.10. The zero-order chi connectivity index (χ0) is 15.1. The third-order valence-electron chi connectivity index (χ3n) is 3.52. The summed E-state index contributed by atoms with van der Waals surface area (Å²) < 4.78 is 5.08. The number of fused-ring (bicyclic) bond motifs is 1. The van der Waals surface area contributed by atoms with Crippen molar-refractivity contribution in [1.82, 2.24) is 10.7 Å². The Balaban J connectivity index is 2.02. The van der Waals surface area contributed by atoms with Gasteiger partial charge < -0.3 is 10.1 Å². The molecule has 0 fully saturated rings. The first-order valence-corrected chi connectivity index (χ1v) is 7.82. The normalized spacial score (nSPS) is 17.7. The summed E-state index contributed by atoms with van der Waals surface area (Å²) in [6.45, 7) is 2.63. The fourth-order valence-electron chi connectivity index (χ4n) is 2.54. The number of thiocarbonyl (C=S) groups is 1. The van der Waals surface area contributed by atoms with Crippen molar-refractivity contribution in [2.75, 3.05) is 13.7 Å². The van der Waals surface area contributed by atoms with Crippen LogP contribution in [0.5, 0.6) is 0 Å². The van der Waals surface area contributed by atoms with Crippen molar-refractivity contribution in [3.8, 4) is 0 Å². The number of aryl methyl sites for hydroxylation is 1. The van der Waals surface area contributed by atoms with Crippen molar-refractivity contribution in [2.45, 2.75) is 38.6 Å². The molecule has 1 aliphatic carbocycles. The Labute approximate surface area is 132 Å². The molecule has 1 atom stereocenters. The summed E-state index contributed by atoms with van der Waals surface area (Å²) in [6.07, 6.45) is 4.49. The van der Waals surface area contributed by atoms with Crippen molar-refractivity contribution in [3.05, 3.63) is 35.4 Å². The van der Waals surface area contributed by atoms with E-state index in [0.29, 0.717) is 11.7 Å². The fourth-order valence-corrected chi connectivity index (χ4v) is 2.79. The number of benzene rings is 1. The van der Waals surface area contributed by atoms with E-state index in [2.05, 4.69) is 40.1 Å². The Bertz CT molecular complexity index is 516. The first-order chi connectivity index (χ1) is 10.2. The number of ether oxygens (including phenoxy) is 1.